The maximum Gasteiger partial charge on any atom is 0.285 e. The molecule has 2 aromatic heterocycles. The van der Waals surface area contributed by atoms with E-state index >= 15 is 0 Å². The van der Waals surface area contributed by atoms with E-state index in [9.17, 15) is 4.79 Å². The predicted octanol–water partition coefficient (Wildman–Crippen LogP) is 7.14. The number of hydrogen-bond donors (Lipinski definition) is 1. The smallest absolute Gasteiger partial charge is 0.285 e. The van der Waals surface area contributed by atoms with Crippen LogP contribution in [0.3, 0.4) is 0 Å². The highest BCUT2D eigenvalue weighted by molar-refractivity contribution is 7.98. The summed E-state index contributed by atoms with van der Waals surface area (Å²) in [6, 6.07) is 23.7. The summed E-state index contributed by atoms with van der Waals surface area (Å²) in [5, 5.41) is 11.4. The number of hydrogen-bond acceptors (Lipinski definition) is 9. The number of benzene rings is 3. The first kappa shape index (κ1) is 28.9. The zero-order chi connectivity index (χ0) is 29.5. The lowest BCUT2D eigenvalue weighted by Crippen LogP contribution is -2.23. The van der Waals surface area contributed by atoms with Crippen molar-refractivity contribution in [2.24, 2.45) is 0 Å². The molecule has 10 heteroatoms. The Morgan fingerprint density at radius 1 is 0.905 bits per heavy atom. The molecule has 0 aliphatic rings. The number of rotatable bonds is 12. The van der Waals surface area contributed by atoms with Crippen molar-refractivity contribution in [3.63, 3.8) is 0 Å². The molecule has 0 bridgehead atoms. The van der Waals surface area contributed by atoms with Crippen LogP contribution in [-0.2, 0) is 13.2 Å². The summed E-state index contributed by atoms with van der Waals surface area (Å²) >= 11 is 1.30. The van der Waals surface area contributed by atoms with Crippen LogP contribution in [0.1, 0.15) is 53.9 Å². The Bertz CT molecular complexity index is 1630. The maximum absolute atomic E-state index is 13.0. The second kappa shape index (κ2) is 13.4. The van der Waals surface area contributed by atoms with E-state index < -0.39 is 5.91 Å². The van der Waals surface area contributed by atoms with Crippen molar-refractivity contribution in [3.05, 3.63) is 95.2 Å². The third-order valence-corrected chi connectivity index (χ3v) is 7.02. The van der Waals surface area contributed by atoms with Gasteiger partial charge in [0.15, 0.2) is 11.5 Å². The lowest BCUT2D eigenvalue weighted by Gasteiger charge is -2.19. The minimum atomic E-state index is -0.406. The Labute approximate surface area is 248 Å². The van der Waals surface area contributed by atoms with Gasteiger partial charge in [-0.25, -0.2) is 0 Å². The molecule has 0 aliphatic carbocycles. The first-order valence-corrected chi connectivity index (χ1v) is 14.9. The highest BCUT2D eigenvalue weighted by Crippen LogP contribution is 2.44. The number of aromatic nitrogens is 3. The molecule has 0 radical (unpaired) electrons. The third-order valence-electron chi connectivity index (χ3n) is 6.50. The molecular weight excluding hydrogens is 552 g/mol. The minimum Gasteiger partial charge on any atom is -0.488 e. The van der Waals surface area contributed by atoms with Gasteiger partial charge in [-0.3, -0.25) is 4.79 Å². The third kappa shape index (κ3) is 6.49. The highest BCUT2D eigenvalue weighted by atomic mass is 32.2. The Balaban J connectivity index is 1.65. The standard InChI is InChI=1S/C32H32N4O5S/c1-5-33-31(37)28-27(30-34-32(42-4)41-36-30)29(40-35-28)24-16-23(20(2)3)25(38-18-21-12-8-6-9-13-21)17-26(24)39-19-22-14-10-7-11-15-22/h6-17,20H,5,18-19H2,1-4H3,(H,33,37). The van der Waals surface area contributed by atoms with Crippen molar-refractivity contribution < 1.29 is 23.3 Å². The Morgan fingerprint density at radius 3 is 2.12 bits per heavy atom. The van der Waals surface area contributed by atoms with E-state index in [2.05, 4.69) is 34.5 Å². The molecule has 1 amide bonds. The first-order valence-electron chi connectivity index (χ1n) is 13.7. The Kier molecular flexibility index (Phi) is 9.23. The van der Waals surface area contributed by atoms with Crippen molar-refractivity contribution in [3.8, 4) is 34.2 Å². The molecule has 9 nitrogen and oxygen atoms in total. The van der Waals surface area contributed by atoms with Crippen LogP contribution in [-0.4, -0.2) is 34.0 Å². The van der Waals surface area contributed by atoms with Gasteiger partial charge in [0.1, 0.15) is 30.3 Å². The van der Waals surface area contributed by atoms with Gasteiger partial charge in [0.2, 0.25) is 5.82 Å². The molecule has 0 saturated heterocycles. The van der Waals surface area contributed by atoms with Crippen LogP contribution in [0, 0.1) is 0 Å². The summed E-state index contributed by atoms with van der Waals surface area (Å²) in [6.45, 7) is 7.12. The molecular formula is C32H32N4O5S. The van der Waals surface area contributed by atoms with Crippen molar-refractivity contribution in [2.75, 3.05) is 12.8 Å². The van der Waals surface area contributed by atoms with Crippen molar-refractivity contribution in [1.29, 1.82) is 0 Å². The molecule has 5 rings (SSSR count). The largest absolute Gasteiger partial charge is 0.488 e. The normalized spacial score (nSPS) is 11.1. The number of carbonyl (C=O) groups is 1. The molecule has 0 spiro atoms. The van der Waals surface area contributed by atoms with Gasteiger partial charge in [0.25, 0.3) is 11.1 Å². The summed E-state index contributed by atoms with van der Waals surface area (Å²) in [6.07, 6.45) is 1.83. The maximum atomic E-state index is 13.0. The van der Waals surface area contributed by atoms with Crippen molar-refractivity contribution in [2.45, 2.75) is 45.1 Å². The summed E-state index contributed by atoms with van der Waals surface area (Å²) in [5.74, 6) is 1.37. The number of ether oxygens (including phenoxy) is 2. The van der Waals surface area contributed by atoms with E-state index in [4.69, 9.17) is 18.5 Å². The second-order valence-corrected chi connectivity index (χ2v) is 10.5. The van der Waals surface area contributed by atoms with Gasteiger partial charge in [0, 0.05) is 12.6 Å². The van der Waals surface area contributed by atoms with E-state index in [1.54, 1.807) is 0 Å². The topological polar surface area (TPSA) is 113 Å². The average Bonchev–Trinajstić information content (AvgIpc) is 3.67. The van der Waals surface area contributed by atoms with E-state index in [0.717, 1.165) is 16.7 Å². The van der Waals surface area contributed by atoms with Crippen LogP contribution < -0.4 is 14.8 Å². The highest BCUT2D eigenvalue weighted by Gasteiger charge is 2.30. The van der Waals surface area contributed by atoms with Gasteiger partial charge in [0.05, 0.1) is 5.56 Å². The van der Waals surface area contributed by atoms with Gasteiger partial charge in [-0.1, -0.05) is 96.6 Å². The fourth-order valence-electron chi connectivity index (χ4n) is 4.40. The molecule has 1 N–H and O–H groups in total. The average molecular weight is 585 g/mol. The molecule has 2 heterocycles. The Hall–Kier alpha value is -4.57. The summed E-state index contributed by atoms with van der Waals surface area (Å²) in [5.41, 5.74) is 3.95. The molecule has 0 aliphatic heterocycles. The van der Waals surface area contributed by atoms with E-state index in [1.807, 2.05) is 86.0 Å². The molecule has 0 atom stereocenters. The molecule has 216 valence electrons. The fourth-order valence-corrected chi connectivity index (χ4v) is 4.69. The van der Waals surface area contributed by atoms with Crippen LogP contribution in [0.5, 0.6) is 11.5 Å². The number of thioether (sulfide) groups is 1. The molecule has 42 heavy (non-hydrogen) atoms. The van der Waals surface area contributed by atoms with Gasteiger partial charge in [-0.2, -0.15) is 4.98 Å². The van der Waals surface area contributed by atoms with Crippen LogP contribution in [0.4, 0.5) is 0 Å². The van der Waals surface area contributed by atoms with Crippen LogP contribution >= 0.6 is 11.8 Å². The van der Waals surface area contributed by atoms with Crippen LogP contribution in [0.2, 0.25) is 0 Å². The van der Waals surface area contributed by atoms with Crippen LogP contribution in [0.15, 0.2) is 87.1 Å². The van der Waals surface area contributed by atoms with Gasteiger partial charge < -0.3 is 23.8 Å². The summed E-state index contributed by atoms with van der Waals surface area (Å²) in [4.78, 5) is 17.5. The number of nitrogens with one attached hydrogen (secondary N) is 1. The summed E-state index contributed by atoms with van der Waals surface area (Å²) in [7, 11) is 0. The fraction of sp³-hybridized carbons (Fsp3) is 0.250. The second-order valence-electron chi connectivity index (χ2n) is 9.77. The first-order chi connectivity index (χ1) is 20.5. The van der Waals surface area contributed by atoms with E-state index in [-0.39, 0.29) is 17.4 Å². The molecule has 5 aromatic rings. The van der Waals surface area contributed by atoms with Gasteiger partial charge in [-0.15, -0.1) is 0 Å². The van der Waals surface area contributed by atoms with E-state index in [1.165, 1.54) is 11.8 Å². The van der Waals surface area contributed by atoms with Crippen LogP contribution in [0.25, 0.3) is 22.7 Å². The predicted molar refractivity (Wildman–Crippen MR) is 161 cm³/mol. The zero-order valence-corrected chi connectivity index (χ0v) is 24.7. The van der Waals surface area contributed by atoms with Crippen molar-refractivity contribution >= 4 is 17.7 Å². The Morgan fingerprint density at radius 2 is 1.55 bits per heavy atom. The molecule has 3 aromatic carbocycles. The van der Waals surface area contributed by atoms with Gasteiger partial charge >= 0.3 is 0 Å². The molecule has 0 saturated carbocycles. The molecule has 0 unspecified atom stereocenters. The number of carbonyl (C=O) groups excluding carboxylic acids is 1. The molecule has 0 fully saturated rings. The number of amides is 1. The van der Waals surface area contributed by atoms with E-state index in [0.29, 0.717) is 53.4 Å². The number of nitrogens with zero attached hydrogens (tertiary/aromatic N) is 3. The quantitative estimate of drug-likeness (QED) is 0.153. The SMILES string of the molecule is CCNC(=O)c1noc(-c2cc(C(C)C)c(OCc3ccccc3)cc2OCc2ccccc2)c1-c1noc(SC)n1. The zero-order valence-electron chi connectivity index (χ0n) is 23.9. The van der Waals surface area contributed by atoms with Crippen molar-refractivity contribution in [1.82, 2.24) is 20.6 Å². The lowest BCUT2D eigenvalue weighted by molar-refractivity contribution is 0.0947. The lowest BCUT2D eigenvalue weighted by atomic mass is 9.96. The van der Waals surface area contributed by atoms with Gasteiger partial charge in [-0.05, 0) is 41.9 Å². The minimum absolute atomic E-state index is 0.0600. The summed E-state index contributed by atoms with van der Waals surface area (Å²) < 4.78 is 24.0. The monoisotopic (exact) mass is 584 g/mol.